The van der Waals surface area contributed by atoms with Crippen LogP contribution in [0, 0.1) is 0 Å². The van der Waals surface area contributed by atoms with Gasteiger partial charge in [-0.25, -0.2) is 0 Å². The molecule has 1 aliphatic rings. The average molecular weight is 268 g/mol. The van der Waals surface area contributed by atoms with Crippen molar-refractivity contribution in [3.8, 4) is 5.75 Å². The summed E-state index contributed by atoms with van der Waals surface area (Å²) in [6.45, 7) is 8.30. The van der Waals surface area contributed by atoms with Crippen LogP contribution in [0.2, 0.25) is 5.02 Å². The molecule has 0 saturated heterocycles. The van der Waals surface area contributed by atoms with Crippen molar-refractivity contribution < 1.29 is 4.74 Å². The Hall–Kier alpha value is -0.730. The van der Waals surface area contributed by atoms with E-state index >= 15 is 0 Å². The van der Waals surface area contributed by atoms with Crippen LogP contribution in [0.25, 0.3) is 0 Å². The Morgan fingerprint density at radius 3 is 2.72 bits per heavy atom. The van der Waals surface area contributed by atoms with E-state index in [1.54, 1.807) is 0 Å². The molecule has 0 aliphatic carbocycles. The molecule has 18 heavy (non-hydrogen) atoms. The van der Waals surface area contributed by atoms with E-state index in [0.717, 1.165) is 43.2 Å². The second-order valence-electron chi connectivity index (χ2n) is 5.27. The van der Waals surface area contributed by atoms with E-state index in [0.29, 0.717) is 0 Å². The van der Waals surface area contributed by atoms with Crippen molar-refractivity contribution in [3.05, 3.63) is 28.3 Å². The topological polar surface area (TPSA) is 21.3 Å². The molecular formula is C15H22ClNO. The lowest BCUT2D eigenvalue weighted by molar-refractivity contribution is 0.320. The fraction of sp³-hybridized carbons (Fsp3) is 0.600. The largest absolute Gasteiger partial charge is 0.493 e. The predicted octanol–water partition coefficient (Wildman–Crippen LogP) is 3.94. The number of nitrogens with one attached hydrogen (secondary N) is 1. The van der Waals surface area contributed by atoms with Gasteiger partial charge < -0.3 is 10.1 Å². The van der Waals surface area contributed by atoms with E-state index in [1.165, 1.54) is 11.1 Å². The fourth-order valence-electron chi connectivity index (χ4n) is 2.29. The highest BCUT2D eigenvalue weighted by molar-refractivity contribution is 6.30. The third kappa shape index (κ3) is 2.81. The molecule has 0 radical (unpaired) electrons. The van der Waals surface area contributed by atoms with Crippen LogP contribution in [0.15, 0.2) is 12.1 Å². The van der Waals surface area contributed by atoms with Gasteiger partial charge in [0.25, 0.3) is 0 Å². The molecule has 0 saturated carbocycles. The molecule has 0 unspecified atom stereocenters. The monoisotopic (exact) mass is 267 g/mol. The van der Waals surface area contributed by atoms with Crippen molar-refractivity contribution in [3.63, 3.8) is 0 Å². The summed E-state index contributed by atoms with van der Waals surface area (Å²) < 4.78 is 5.72. The number of benzene rings is 1. The second kappa shape index (κ2) is 5.50. The van der Waals surface area contributed by atoms with Crippen molar-refractivity contribution >= 4 is 11.6 Å². The summed E-state index contributed by atoms with van der Waals surface area (Å²) in [5.74, 6) is 1.04. The van der Waals surface area contributed by atoms with Crippen molar-refractivity contribution in [2.75, 3.05) is 6.61 Å². The zero-order valence-corrected chi connectivity index (χ0v) is 12.2. The second-order valence-corrected chi connectivity index (χ2v) is 5.71. The van der Waals surface area contributed by atoms with Gasteiger partial charge in [-0.1, -0.05) is 25.4 Å². The maximum absolute atomic E-state index is 6.16. The van der Waals surface area contributed by atoms with Crippen molar-refractivity contribution in [1.82, 2.24) is 5.32 Å². The Morgan fingerprint density at radius 1 is 1.33 bits per heavy atom. The van der Waals surface area contributed by atoms with Crippen LogP contribution in [-0.4, -0.2) is 12.1 Å². The molecule has 0 amide bonds. The van der Waals surface area contributed by atoms with Gasteiger partial charge >= 0.3 is 0 Å². The first-order valence-electron chi connectivity index (χ1n) is 6.77. The Labute approximate surface area is 115 Å². The zero-order valence-electron chi connectivity index (χ0n) is 11.5. The SMILES string of the molecule is CCC(C)(CC)NCc1cc(Cl)cc2c1OCC2. The number of rotatable bonds is 5. The Morgan fingerprint density at radius 2 is 2.06 bits per heavy atom. The summed E-state index contributed by atoms with van der Waals surface area (Å²) in [5.41, 5.74) is 2.62. The van der Waals surface area contributed by atoms with Gasteiger partial charge in [-0.2, -0.15) is 0 Å². The highest BCUT2D eigenvalue weighted by Gasteiger charge is 2.21. The Balaban J connectivity index is 2.15. The van der Waals surface area contributed by atoms with Gasteiger partial charge in [-0.3, -0.25) is 0 Å². The Kier molecular flexibility index (Phi) is 4.18. The van der Waals surface area contributed by atoms with Gasteiger partial charge in [0.2, 0.25) is 0 Å². The molecule has 100 valence electrons. The smallest absolute Gasteiger partial charge is 0.127 e. The first-order chi connectivity index (χ1) is 8.58. The van der Waals surface area contributed by atoms with E-state index in [-0.39, 0.29) is 5.54 Å². The molecule has 0 atom stereocenters. The van der Waals surface area contributed by atoms with Crippen LogP contribution in [0.5, 0.6) is 5.75 Å². The quantitative estimate of drug-likeness (QED) is 0.872. The van der Waals surface area contributed by atoms with E-state index in [2.05, 4.69) is 26.1 Å². The maximum atomic E-state index is 6.16. The molecule has 1 heterocycles. The number of fused-ring (bicyclic) bond motifs is 1. The van der Waals surface area contributed by atoms with E-state index in [4.69, 9.17) is 16.3 Å². The van der Waals surface area contributed by atoms with E-state index in [1.807, 2.05) is 12.1 Å². The van der Waals surface area contributed by atoms with Crippen LogP contribution >= 0.6 is 11.6 Å². The van der Waals surface area contributed by atoms with Crippen molar-refractivity contribution in [2.24, 2.45) is 0 Å². The van der Waals surface area contributed by atoms with Gasteiger partial charge in [0, 0.05) is 29.1 Å². The average Bonchev–Trinajstić information content (AvgIpc) is 2.83. The molecule has 2 nitrogen and oxygen atoms in total. The van der Waals surface area contributed by atoms with Crippen LogP contribution in [0.3, 0.4) is 0 Å². The molecule has 1 aromatic rings. The first-order valence-corrected chi connectivity index (χ1v) is 7.15. The highest BCUT2D eigenvalue weighted by Crippen LogP contribution is 2.33. The molecule has 0 bridgehead atoms. The van der Waals surface area contributed by atoms with Crippen molar-refractivity contribution in [1.29, 1.82) is 0 Å². The molecular weight excluding hydrogens is 246 g/mol. The summed E-state index contributed by atoms with van der Waals surface area (Å²) in [6, 6.07) is 4.04. The number of ether oxygens (including phenoxy) is 1. The summed E-state index contributed by atoms with van der Waals surface area (Å²) in [7, 11) is 0. The van der Waals surface area contributed by atoms with Crippen LogP contribution in [-0.2, 0) is 13.0 Å². The molecule has 1 aromatic carbocycles. The van der Waals surface area contributed by atoms with Gasteiger partial charge in [-0.15, -0.1) is 0 Å². The predicted molar refractivity (Wildman–Crippen MR) is 76.5 cm³/mol. The minimum atomic E-state index is 0.188. The van der Waals surface area contributed by atoms with Gasteiger partial charge in [0.05, 0.1) is 6.61 Å². The molecule has 0 aromatic heterocycles. The van der Waals surface area contributed by atoms with Gasteiger partial charge in [0.15, 0.2) is 0 Å². The third-order valence-electron chi connectivity index (χ3n) is 4.09. The van der Waals surface area contributed by atoms with E-state index in [9.17, 15) is 0 Å². The lowest BCUT2D eigenvalue weighted by Crippen LogP contribution is -2.40. The van der Waals surface area contributed by atoms with Gasteiger partial charge in [0.1, 0.15) is 5.75 Å². The summed E-state index contributed by atoms with van der Waals surface area (Å²) >= 11 is 6.16. The van der Waals surface area contributed by atoms with Gasteiger partial charge in [-0.05, 0) is 37.5 Å². The number of hydrogen-bond acceptors (Lipinski definition) is 2. The number of hydrogen-bond donors (Lipinski definition) is 1. The lowest BCUT2D eigenvalue weighted by Gasteiger charge is -2.28. The highest BCUT2D eigenvalue weighted by atomic mass is 35.5. The third-order valence-corrected chi connectivity index (χ3v) is 4.31. The standard InChI is InChI=1S/C15H22ClNO/c1-4-15(3,5-2)17-10-12-9-13(16)8-11-6-7-18-14(11)12/h8-9,17H,4-7,10H2,1-3H3. The molecule has 2 rings (SSSR count). The molecule has 0 fully saturated rings. The molecule has 1 aliphatic heterocycles. The minimum Gasteiger partial charge on any atom is -0.493 e. The lowest BCUT2D eigenvalue weighted by atomic mass is 9.95. The maximum Gasteiger partial charge on any atom is 0.127 e. The van der Waals surface area contributed by atoms with Crippen molar-refractivity contribution in [2.45, 2.75) is 52.1 Å². The van der Waals surface area contributed by atoms with Crippen LogP contribution in [0.1, 0.15) is 44.7 Å². The molecule has 1 N–H and O–H groups in total. The normalized spacial score (nSPS) is 14.4. The summed E-state index contributed by atoms with van der Waals surface area (Å²) in [5, 5.41) is 4.44. The molecule has 3 heteroatoms. The summed E-state index contributed by atoms with van der Waals surface area (Å²) in [4.78, 5) is 0. The van der Waals surface area contributed by atoms with Crippen LogP contribution in [0.4, 0.5) is 0 Å². The molecule has 0 spiro atoms. The fourth-order valence-corrected chi connectivity index (χ4v) is 2.55. The number of halogens is 1. The first kappa shape index (κ1) is 13.7. The van der Waals surface area contributed by atoms with Crippen LogP contribution < -0.4 is 10.1 Å². The summed E-state index contributed by atoms with van der Waals surface area (Å²) in [6.07, 6.45) is 3.21. The minimum absolute atomic E-state index is 0.188. The van der Waals surface area contributed by atoms with E-state index < -0.39 is 0 Å². The zero-order chi connectivity index (χ0) is 13.2. The Bertz CT molecular complexity index is 427.